The standard InChI is InChI=1S/C17H24N4O2/c1-3-9-20(11-12-22)17(23)18-13-15-6-4-5-7-16(15)21-10-8-14(2)19-21/h4-8,10,22H,3,9,11-13H2,1-2H3,(H,18,23). The molecule has 1 aromatic carbocycles. The number of nitrogens with one attached hydrogen (secondary N) is 1. The molecule has 0 atom stereocenters. The first kappa shape index (κ1) is 17.0. The first-order valence-corrected chi connectivity index (χ1v) is 7.90. The van der Waals surface area contributed by atoms with Crippen LogP contribution in [0, 0.1) is 6.92 Å². The molecule has 0 spiro atoms. The Labute approximate surface area is 136 Å². The Morgan fingerprint density at radius 3 is 2.74 bits per heavy atom. The van der Waals surface area contributed by atoms with Crippen LogP contribution in [0.4, 0.5) is 4.79 Å². The van der Waals surface area contributed by atoms with Gasteiger partial charge in [-0.1, -0.05) is 25.1 Å². The quantitative estimate of drug-likeness (QED) is 0.822. The molecule has 0 aliphatic rings. The topological polar surface area (TPSA) is 70.4 Å². The minimum Gasteiger partial charge on any atom is -0.395 e. The average molecular weight is 316 g/mol. The van der Waals surface area contributed by atoms with Gasteiger partial charge >= 0.3 is 6.03 Å². The molecule has 0 unspecified atom stereocenters. The molecule has 0 saturated carbocycles. The van der Waals surface area contributed by atoms with E-state index in [1.54, 1.807) is 4.90 Å². The van der Waals surface area contributed by atoms with Crippen LogP contribution in [0.25, 0.3) is 5.69 Å². The number of aliphatic hydroxyl groups excluding tert-OH is 1. The molecular formula is C17H24N4O2. The number of urea groups is 1. The van der Waals surface area contributed by atoms with Gasteiger partial charge in [-0.15, -0.1) is 0 Å². The minimum absolute atomic E-state index is 0.0312. The maximum Gasteiger partial charge on any atom is 0.317 e. The molecule has 0 fully saturated rings. The van der Waals surface area contributed by atoms with E-state index >= 15 is 0 Å². The highest BCUT2D eigenvalue weighted by Gasteiger charge is 2.12. The molecule has 1 heterocycles. The first-order valence-electron chi connectivity index (χ1n) is 7.90. The van der Waals surface area contributed by atoms with Gasteiger partial charge in [0.2, 0.25) is 0 Å². The SMILES string of the molecule is CCCN(CCO)C(=O)NCc1ccccc1-n1ccc(C)n1. The van der Waals surface area contributed by atoms with Crippen molar-refractivity contribution < 1.29 is 9.90 Å². The Balaban J connectivity index is 2.07. The van der Waals surface area contributed by atoms with Crippen molar-refractivity contribution in [2.24, 2.45) is 0 Å². The number of aromatic nitrogens is 2. The van der Waals surface area contributed by atoms with E-state index in [9.17, 15) is 4.79 Å². The molecule has 0 saturated heterocycles. The van der Waals surface area contributed by atoms with Crippen LogP contribution in [0.2, 0.25) is 0 Å². The van der Waals surface area contributed by atoms with Crippen LogP contribution in [0.5, 0.6) is 0 Å². The predicted molar refractivity (Wildman–Crippen MR) is 89.5 cm³/mol. The number of rotatable bonds is 7. The van der Waals surface area contributed by atoms with Gasteiger partial charge in [-0.05, 0) is 31.0 Å². The third kappa shape index (κ3) is 4.56. The second-order valence-corrected chi connectivity index (χ2v) is 5.40. The number of hydrogen-bond donors (Lipinski definition) is 2. The van der Waals surface area contributed by atoms with E-state index < -0.39 is 0 Å². The highest BCUT2D eigenvalue weighted by atomic mass is 16.3. The number of aliphatic hydroxyl groups is 1. The van der Waals surface area contributed by atoms with Gasteiger partial charge in [0.25, 0.3) is 0 Å². The zero-order valence-electron chi connectivity index (χ0n) is 13.7. The smallest absolute Gasteiger partial charge is 0.317 e. The van der Waals surface area contributed by atoms with Crippen LogP contribution in [0.1, 0.15) is 24.6 Å². The van der Waals surface area contributed by atoms with Crippen LogP contribution in [-0.2, 0) is 6.54 Å². The van der Waals surface area contributed by atoms with Crippen LogP contribution < -0.4 is 5.32 Å². The molecule has 124 valence electrons. The van der Waals surface area contributed by atoms with Crippen LogP contribution in [0.3, 0.4) is 0 Å². The summed E-state index contributed by atoms with van der Waals surface area (Å²) >= 11 is 0. The zero-order chi connectivity index (χ0) is 16.7. The van der Waals surface area contributed by atoms with E-state index in [0.717, 1.165) is 23.4 Å². The molecule has 6 nitrogen and oxygen atoms in total. The molecule has 0 bridgehead atoms. The summed E-state index contributed by atoms with van der Waals surface area (Å²) in [4.78, 5) is 13.9. The summed E-state index contributed by atoms with van der Waals surface area (Å²) in [6.07, 6.45) is 2.77. The van der Waals surface area contributed by atoms with Crippen molar-refractivity contribution in [3.63, 3.8) is 0 Å². The molecule has 0 aliphatic heterocycles. The Kier molecular flexibility index (Phi) is 6.17. The monoisotopic (exact) mass is 316 g/mol. The summed E-state index contributed by atoms with van der Waals surface area (Å²) in [6.45, 7) is 5.31. The van der Waals surface area contributed by atoms with Crippen LogP contribution in [0.15, 0.2) is 36.5 Å². The second kappa shape index (κ2) is 8.33. The average Bonchev–Trinajstić information content (AvgIpc) is 2.99. The number of para-hydroxylation sites is 1. The van der Waals surface area contributed by atoms with E-state index in [1.165, 1.54) is 0 Å². The molecule has 2 amide bonds. The fourth-order valence-corrected chi connectivity index (χ4v) is 2.42. The molecule has 2 aromatic rings. The Hall–Kier alpha value is -2.34. The van der Waals surface area contributed by atoms with Gasteiger partial charge in [0.15, 0.2) is 0 Å². The number of aryl methyl sites for hydroxylation is 1. The summed E-state index contributed by atoms with van der Waals surface area (Å²) in [5, 5.41) is 16.4. The Bertz CT molecular complexity index is 633. The number of hydrogen-bond acceptors (Lipinski definition) is 3. The molecular weight excluding hydrogens is 292 g/mol. The van der Waals surface area contributed by atoms with Crippen molar-refractivity contribution in [2.75, 3.05) is 19.7 Å². The highest BCUT2D eigenvalue weighted by Crippen LogP contribution is 2.14. The van der Waals surface area contributed by atoms with Crippen molar-refractivity contribution in [3.8, 4) is 5.69 Å². The summed E-state index contributed by atoms with van der Waals surface area (Å²) in [5.41, 5.74) is 2.88. The number of carbonyl (C=O) groups excluding carboxylic acids is 1. The molecule has 6 heteroatoms. The van der Waals surface area contributed by atoms with Gasteiger partial charge < -0.3 is 15.3 Å². The molecule has 23 heavy (non-hydrogen) atoms. The summed E-state index contributed by atoms with van der Waals surface area (Å²) in [6, 6.07) is 9.63. The van der Waals surface area contributed by atoms with E-state index in [4.69, 9.17) is 5.11 Å². The van der Waals surface area contributed by atoms with Gasteiger partial charge in [-0.2, -0.15) is 5.10 Å². The minimum atomic E-state index is -0.160. The van der Waals surface area contributed by atoms with Crippen molar-refractivity contribution in [1.82, 2.24) is 20.0 Å². The zero-order valence-corrected chi connectivity index (χ0v) is 13.7. The number of carbonyl (C=O) groups is 1. The summed E-state index contributed by atoms with van der Waals surface area (Å²) in [7, 11) is 0. The lowest BCUT2D eigenvalue weighted by molar-refractivity contribution is 0.177. The molecule has 2 N–H and O–H groups in total. The van der Waals surface area contributed by atoms with Gasteiger partial charge in [0.1, 0.15) is 0 Å². The highest BCUT2D eigenvalue weighted by molar-refractivity contribution is 5.74. The maximum atomic E-state index is 12.2. The fourth-order valence-electron chi connectivity index (χ4n) is 2.42. The van der Waals surface area contributed by atoms with E-state index in [-0.39, 0.29) is 12.6 Å². The van der Waals surface area contributed by atoms with Gasteiger partial charge in [0, 0.05) is 25.8 Å². The fraction of sp³-hybridized carbons (Fsp3) is 0.412. The van der Waals surface area contributed by atoms with Crippen molar-refractivity contribution in [1.29, 1.82) is 0 Å². The normalized spacial score (nSPS) is 10.6. The maximum absolute atomic E-state index is 12.2. The van der Waals surface area contributed by atoms with E-state index in [1.807, 2.05) is 55.1 Å². The van der Waals surface area contributed by atoms with E-state index in [0.29, 0.717) is 19.6 Å². The van der Waals surface area contributed by atoms with Gasteiger partial charge in [-0.25, -0.2) is 9.48 Å². The van der Waals surface area contributed by atoms with Crippen LogP contribution >= 0.6 is 0 Å². The summed E-state index contributed by atoms with van der Waals surface area (Å²) < 4.78 is 1.81. The third-order valence-corrected chi connectivity index (χ3v) is 3.54. The van der Waals surface area contributed by atoms with E-state index in [2.05, 4.69) is 10.4 Å². The van der Waals surface area contributed by atoms with Crippen molar-refractivity contribution in [3.05, 3.63) is 47.8 Å². The van der Waals surface area contributed by atoms with Gasteiger partial charge in [-0.3, -0.25) is 0 Å². The molecule has 0 radical (unpaired) electrons. The number of nitrogens with zero attached hydrogens (tertiary/aromatic N) is 3. The lowest BCUT2D eigenvalue weighted by atomic mass is 10.2. The largest absolute Gasteiger partial charge is 0.395 e. The lowest BCUT2D eigenvalue weighted by Gasteiger charge is -2.22. The second-order valence-electron chi connectivity index (χ2n) is 5.40. The molecule has 2 rings (SSSR count). The number of amides is 2. The Morgan fingerprint density at radius 2 is 2.09 bits per heavy atom. The lowest BCUT2D eigenvalue weighted by Crippen LogP contribution is -2.41. The van der Waals surface area contributed by atoms with Crippen molar-refractivity contribution in [2.45, 2.75) is 26.8 Å². The van der Waals surface area contributed by atoms with Crippen molar-refractivity contribution >= 4 is 6.03 Å². The molecule has 1 aromatic heterocycles. The third-order valence-electron chi connectivity index (χ3n) is 3.54. The van der Waals surface area contributed by atoms with Crippen LogP contribution in [-0.4, -0.2) is 45.5 Å². The summed E-state index contributed by atoms with van der Waals surface area (Å²) in [5.74, 6) is 0. The Morgan fingerprint density at radius 1 is 1.30 bits per heavy atom. The molecule has 0 aliphatic carbocycles. The van der Waals surface area contributed by atoms with Gasteiger partial charge in [0.05, 0.1) is 18.0 Å². The number of benzene rings is 1. The predicted octanol–water partition coefficient (Wildman–Crippen LogP) is 2.09. The first-order chi connectivity index (χ1) is 11.2.